The van der Waals surface area contributed by atoms with Gasteiger partial charge < -0.3 is 4.74 Å². The van der Waals surface area contributed by atoms with Crippen LogP contribution in [0.15, 0.2) is 48.5 Å². The molecule has 2 aromatic carbocycles. The summed E-state index contributed by atoms with van der Waals surface area (Å²) in [4.78, 5) is 29.6. The van der Waals surface area contributed by atoms with E-state index in [1.54, 1.807) is 6.07 Å². The summed E-state index contributed by atoms with van der Waals surface area (Å²) >= 11 is 1.28. The van der Waals surface area contributed by atoms with Crippen molar-refractivity contribution in [1.82, 2.24) is 4.98 Å². The molecule has 1 N–H and O–H groups in total. The van der Waals surface area contributed by atoms with Gasteiger partial charge in [0.15, 0.2) is 5.13 Å². The Labute approximate surface area is 162 Å². The maximum Gasteiger partial charge on any atom is 0.310 e. The van der Waals surface area contributed by atoms with Crippen LogP contribution in [0.1, 0.15) is 26.4 Å². The monoisotopic (exact) mass is 380 g/mol. The molecule has 3 rings (SSSR count). The Balaban J connectivity index is 1.90. The van der Waals surface area contributed by atoms with E-state index >= 15 is 0 Å². The van der Waals surface area contributed by atoms with Gasteiger partial charge in [-0.1, -0.05) is 36.4 Å². The molecule has 0 spiro atoms. The molecule has 0 aliphatic carbocycles. The van der Waals surface area contributed by atoms with Crippen LogP contribution >= 0.6 is 11.3 Å². The van der Waals surface area contributed by atoms with Crippen molar-refractivity contribution in [3.05, 3.63) is 70.1 Å². The number of carbonyl (C=O) groups is 2. The summed E-state index contributed by atoms with van der Waals surface area (Å²) in [6.45, 7) is 3.97. The van der Waals surface area contributed by atoms with E-state index in [1.807, 2.05) is 56.3 Å². The van der Waals surface area contributed by atoms with Crippen LogP contribution in [0.2, 0.25) is 0 Å². The number of nitrogens with zero attached hydrogens (tertiary/aromatic N) is 1. The fourth-order valence-electron chi connectivity index (χ4n) is 2.60. The predicted octanol–water partition coefficient (Wildman–Crippen LogP) is 4.39. The average molecular weight is 380 g/mol. The highest BCUT2D eigenvalue weighted by atomic mass is 32.1. The molecule has 6 heteroatoms. The minimum atomic E-state index is -0.345. The van der Waals surface area contributed by atoms with Gasteiger partial charge in [0.05, 0.1) is 19.2 Å². The number of amides is 1. The van der Waals surface area contributed by atoms with Gasteiger partial charge in [-0.05, 0) is 37.1 Å². The van der Waals surface area contributed by atoms with Crippen LogP contribution in [-0.2, 0) is 16.0 Å². The van der Waals surface area contributed by atoms with Crippen LogP contribution in [0, 0.1) is 13.8 Å². The van der Waals surface area contributed by atoms with Gasteiger partial charge in [0.25, 0.3) is 5.91 Å². The molecule has 1 amide bonds. The van der Waals surface area contributed by atoms with E-state index < -0.39 is 0 Å². The molecule has 0 aliphatic heterocycles. The summed E-state index contributed by atoms with van der Waals surface area (Å²) < 4.78 is 4.78. The zero-order valence-electron chi connectivity index (χ0n) is 15.4. The number of methoxy groups -OCH3 is 1. The second-order valence-electron chi connectivity index (χ2n) is 6.16. The minimum absolute atomic E-state index is 0.109. The van der Waals surface area contributed by atoms with Crippen molar-refractivity contribution in [2.24, 2.45) is 0 Å². The number of hydrogen-bond acceptors (Lipinski definition) is 5. The summed E-state index contributed by atoms with van der Waals surface area (Å²) in [6, 6.07) is 15.1. The number of anilines is 1. The molecule has 0 atom stereocenters. The molecule has 3 aromatic rings. The van der Waals surface area contributed by atoms with Crippen LogP contribution in [-0.4, -0.2) is 24.0 Å². The Morgan fingerprint density at radius 1 is 1.07 bits per heavy atom. The molecule has 0 unspecified atom stereocenters. The first kappa shape index (κ1) is 18.8. The molecule has 0 saturated carbocycles. The number of hydrogen-bond donors (Lipinski definition) is 1. The third kappa shape index (κ3) is 4.41. The highest BCUT2D eigenvalue weighted by Crippen LogP contribution is 2.32. The minimum Gasteiger partial charge on any atom is -0.469 e. The first-order valence-corrected chi connectivity index (χ1v) is 9.30. The Morgan fingerprint density at radius 2 is 1.81 bits per heavy atom. The van der Waals surface area contributed by atoms with E-state index in [2.05, 4.69) is 10.3 Å². The summed E-state index contributed by atoms with van der Waals surface area (Å²) in [7, 11) is 1.36. The number of benzene rings is 2. The molecule has 138 valence electrons. The van der Waals surface area contributed by atoms with E-state index in [0.29, 0.717) is 16.4 Å². The number of aryl methyl sites for hydroxylation is 2. The molecule has 0 bridgehead atoms. The second kappa shape index (κ2) is 8.14. The van der Waals surface area contributed by atoms with Crippen molar-refractivity contribution in [2.45, 2.75) is 20.3 Å². The van der Waals surface area contributed by atoms with E-state index in [4.69, 9.17) is 4.74 Å². The van der Waals surface area contributed by atoms with Gasteiger partial charge >= 0.3 is 5.97 Å². The van der Waals surface area contributed by atoms with Crippen molar-refractivity contribution in [3.8, 4) is 11.3 Å². The van der Waals surface area contributed by atoms with E-state index in [9.17, 15) is 9.59 Å². The lowest BCUT2D eigenvalue weighted by atomic mass is 10.1. The topological polar surface area (TPSA) is 68.3 Å². The molecule has 1 heterocycles. The molecule has 0 aliphatic rings. The van der Waals surface area contributed by atoms with Gasteiger partial charge in [-0.15, -0.1) is 11.3 Å². The van der Waals surface area contributed by atoms with Gasteiger partial charge in [0, 0.05) is 16.0 Å². The highest BCUT2D eigenvalue weighted by molar-refractivity contribution is 7.16. The van der Waals surface area contributed by atoms with E-state index in [0.717, 1.165) is 21.6 Å². The lowest BCUT2D eigenvalue weighted by molar-refractivity contribution is -0.139. The van der Waals surface area contributed by atoms with Crippen molar-refractivity contribution >= 4 is 28.3 Å². The molecule has 0 fully saturated rings. The highest BCUT2D eigenvalue weighted by Gasteiger charge is 2.18. The zero-order chi connectivity index (χ0) is 19.4. The number of thiazole rings is 1. The van der Waals surface area contributed by atoms with Gasteiger partial charge in [-0.2, -0.15) is 0 Å². The van der Waals surface area contributed by atoms with Crippen molar-refractivity contribution in [1.29, 1.82) is 0 Å². The third-order valence-corrected chi connectivity index (χ3v) is 5.24. The molecule has 1 aromatic heterocycles. The Bertz CT molecular complexity index is 980. The smallest absolute Gasteiger partial charge is 0.310 e. The van der Waals surface area contributed by atoms with Gasteiger partial charge in [-0.25, -0.2) is 4.98 Å². The first-order chi connectivity index (χ1) is 13.0. The van der Waals surface area contributed by atoms with Crippen LogP contribution in [0.5, 0.6) is 0 Å². The Morgan fingerprint density at radius 3 is 2.48 bits per heavy atom. The number of nitrogens with one attached hydrogen (secondary N) is 1. The van der Waals surface area contributed by atoms with Crippen molar-refractivity contribution < 1.29 is 14.3 Å². The van der Waals surface area contributed by atoms with Crippen LogP contribution in [0.3, 0.4) is 0 Å². The molecular formula is C21H20N2O3S. The van der Waals surface area contributed by atoms with Crippen LogP contribution in [0.25, 0.3) is 11.3 Å². The fraction of sp³-hybridized carbons (Fsp3) is 0.190. The third-order valence-electron chi connectivity index (χ3n) is 4.27. The van der Waals surface area contributed by atoms with E-state index in [1.165, 1.54) is 18.4 Å². The lowest BCUT2D eigenvalue weighted by Gasteiger charge is -2.05. The average Bonchev–Trinajstić information content (AvgIpc) is 3.06. The molecular weight excluding hydrogens is 360 g/mol. The number of esters is 1. The second-order valence-corrected chi connectivity index (χ2v) is 7.25. The molecule has 5 nitrogen and oxygen atoms in total. The predicted molar refractivity (Wildman–Crippen MR) is 107 cm³/mol. The lowest BCUT2D eigenvalue weighted by Crippen LogP contribution is -2.12. The maximum absolute atomic E-state index is 12.6. The van der Waals surface area contributed by atoms with Crippen LogP contribution in [0.4, 0.5) is 5.13 Å². The van der Waals surface area contributed by atoms with Crippen molar-refractivity contribution in [3.63, 3.8) is 0 Å². The summed E-state index contributed by atoms with van der Waals surface area (Å²) in [5.41, 5.74) is 4.33. The Hall–Kier alpha value is -2.99. The first-order valence-electron chi connectivity index (χ1n) is 8.48. The normalized spacial score (nSPS) is 10.5. The molecule has 0 radical (unpaired) electrons. The quantitative estimate of drug-likeness (QED) is 0.667. The molecule has 0 saturated heterocycles. The number of carbonyl (C=O) groups excluding carboxylic acids is 2. The molecule has 27 heavy (non-hydrogen) atoms. The zero-order valence-corrected chi connectivity index (χ0v) is 16.2. The SMILES string of the molecule is COC(=O)Cc1sc(NC(=O)c2ccc(C)c(C)c2)nc1-c1ccccc1. The van der Waals surface area contributed by atoms with Crippen LogP contribution < -0.4 is 5.32 Å². The van der Waals surface area contributed by atoms with Gasteiger partial charge in [0.2, 0.25) is 0 Å². The number of rotatable bonds is 5. The Kier molecular flexibility index (Phi) is 5.66. The van der Waals surface area contributed by atoms with Crippen molar-refractivity contribution in [2.75, 3.05) is 12.4 Å². The number of ether oxygens (including phenoxy) is 1. The van der Waals surface area contributed by atoms with E-state index in [-0.39, 0.29) is 18.3 Å². The summed E-state index contributed by atoms with van der Waals surface area (Å²) in [5.74, 6) is -0.570. The fourth-order valence-corrected chi connectivity index (χ4v) is 3.57. The standard InChI is InChI=1S/C21H20N2O3S/c1-13-9-10-16(11-14(13)2)20(25)23-21-22-19(15-7-5-4-6-8-15)17(27-21)12-18(24)26-3/h4-11H,12H2,1-3H3,(H,22,23,25). The van der Waals surface area contributed by atoms with Gasteiger partial charge in [0.1, 0.15) is 0 Å². The largest absolute Gasteiger partial charge is 0.469 e. The summed E-state index contributed by atoms with van der Waals surface area (Å²) in [5, 5.41) is 3.30. The van der Waals surface area contributed by atoms with Gasteiger partial charge in [-0.3, -0.25) is 14.9 Å². The maximum atomic E-state index is 12.6. The summed E-state index contributed by atoms with van der Waals surface area (Å²) in [6.07, 6.45) is 0.109. The number of aromatic nitrogens is 1.